The van der Waals surface area contributed by atoms with Gasteiger partial charge in [-0.1, -0.05) is 11.6 Å². The molecule has 1 aliphatic rings. The molecule has 1 aliphatic carbocycles. The van der Waals surface area contributed by atoms with Crippen LogP contribution in [0.25, 0.3) is 22.3 Å². The molecule has 8 nitrogen and oxygen atoms in total. The molecule has 0 aliphatic heterocycles. The van der Waals surface area contributed by atoms with E-state index in [9.17, 15) is 4.79 Å². The maximum Gasteiger partial charge on any atom is 0.237 e. The second kappa shape index (κ2) is 9.20. The molecule has 1 atom stereocenters. The van der Waals surface area contributed by atoms with Crippen molar-refractivity contribution in [2.24, 2.45) is 0 Å². The third-order valence-corrected chi connectivity index (χ3v) is 6.18. The maximum absolute atomic E-state index is 12.3. The van der Waals surface area contributed by atoms with Crippen LogP contribution in [0.2, 0.25) is 5.15 Å². The number of hydrogen-bond acceptors (Lipinski definition) is 6. The zero-order valence-corrected chi connectivity index (χ0v) is 18.8. The zero-order valence-electron chi connectivity index (χ0n) is 18.0. The minimum absolute atomic E-state index is 0.0874. The molecular weight excluding hydrogens is 414 g/mol. The van der Waals surface area contributed by atoms with Gasteiger partial charge in [-0.2, -0.15) is 0 Å². The van der Waals surface area contributed by atoms with Gasteiger partial charge in [0.25, 0.3) is 0 Å². The van der Waals surface area contributed by atoms with Crippen molar-refractivity contribution in [2.45, 2.75) is 50.7 Å². The van der Waals surface area contributed by atoms with Crippen molar-refractivity contribution < 1.29 is 4.79 Å². The van der Waals surface area contributed by atoms with Gasteiger partial charge in [-0.3, -0.25) is 14.7 Å². The van der Waals surface area contributed by atoms with Crippen LogP contribution in [0.15, 0.2) is 30.7 Å². The first-order valence-electron chi connectivity index (χ1n) is 10.6. The molecule has 0 spiro atoms. The highest BCUT2D eigenvalue weighted by Gasteiger charge is 2.25. The number of anilines is 1. The van der Waals surface area contributed by atoms with Gasteiger partial charge in [-0.15, -0.1) is 0 Å². The summed E-state index contributed by atoms with van der Waals surface area (Å²) in [6, 6.07) is 4.22. The van der Waals surface area contributed by atoms with Gasteiger partial charge in [0.05, 0.1) is 6.04 Å². The van der Waals surface area contributed by atoms with Gasteiger partial charge < -0.3 is 15.6 Å². The molecule has 0 saturated heterocycles. The van der Waals surface area contributed by atoms with E-state index in [1.54, 1.807) is 12.4 Å². The van der Waals surface area contributed by atoms with E-state index in [1.165, 1.54) is 0 Å². The van der Waals surface area contributed by atoms with Crippen LogP contribution in [0.4, 0.5) is 5.82 Å². The van der Waals surface area contributed by atoms with Crippen LogP contribution in [-0.4, -0.2) is 63.0 Å². The fraction of sp³-hybridized carbons (Fsp3) is 0.455. The van der Waals surface area contributed by atoms with Gasteiger partial charge in [0.2, 0.25) is 5.91 Å². The molecular formula is C22H28ClN7O. The van der Waals surface area contributed by atoms with E-state index in [0.29, 0.717) is 11.2 Å². The molecule has 3 aromatic rings. The highest BCUT2D eigenvalue weighted by Crippen LogP contribution is 2.30. The molecule has 31 heavy (non-hydrogen) atoms. The van der Waals surface area contributed by atoms with E-state index in [-0.39, 0.29) is 18.0 Å². The van der Waals surface area contributed by atoms with E-state index in [4.69, 9.17) is 11.6 Å². The van der Waals surface area contributed by atoms with Crippen LogP contribution in [0.5, 0.6) is 0 Å². The lowest BCUT2D eigenvalue weighted by atomic mass is 9.91. The van der Waals surface area contributed by atoms with E-state index < -0.39 is 0 Å². The summed E-state index contributed by atoms with van der Waals surface area (Å²) in [5, 5.41) is 7.13. The Balaban J connectivity index is 1.40. The lowest BCUT2D eigenvalue weighted by Crippen LogP contribution is -2.47. The molecule has 3 heterocycles. The third kappa shape index (κ3) is 4.97. The summed E-state index contributed by atoms with van der Waals surface area (Å²) in [5.41, 5.74) is 3.42. The first kappa shape index (κ1) is 21.5. The Morgan fingerprint density at radius 3 is 2.61 bits per heavy atom. The van der Waals surface area contributed by atoms with Crippen molar-refractivity contribution in [1.82, 2.24) is 30.2 Å². The van der Waals surface area contributed by atoms with E-state index in [0.717, 1.165) is 53.8 Å². The lowest BCUT2D eigenvalue weighted by Gasteiger charge is -2.31. The molecule has 0 bridgehead atoms. The molecule has 4 rings (SSSR count). The van der Waals surface area contributed by atoms with Gasteiger partial charge >= 0.3 is 0 Å². The molecule has 0 unspecified atom stereocenters. The summed E-state index contributed by atoms with van der Waals surface area (Å²) in [5.74, 6) is 0.832. The summed E-state index contributed by atoms with van der Waals surface area (Å²) in [6.07, 6.45) is 9.03. The van der Waals surface area contributed by atoms with Crippen molar-refractivity contribution in [3.05, 3.63) is 35.9 Å². The van der Waals surface area contributed by atoms with Gasteiger partial charge in [0, 0.05) is 36.2 Å². The van der Waals surface area contributed by atoms with E-state index >= 15 is 0 Å². The van der Waals surface area contributed by atoms with E-state index in [2.05, 4.69) is 30.6 Å². The molecule has 164 valence electrons. The minimum atomic E-state index is -0.126. The van der Waals surface area contributed by atoms with E-state index in [1.807, 2.05) is 44.2 Å². The van der Waals surface area contributed by atoms with Gasteiger partial charge in [0.15, 0.2) is 5.65 Å². The van der Waals surface area contributed by atoms with Crippen molar-refractivity contribution in [3.63, 3.8) is 0 Å². The number of halogens is 1. The fourth-order valence-electron chi connectivity index (χ4n) is 3.94. The average molecular weight is 442 g/mol. The summed E-state index contributed by atoms with van der Waals surface area (Å²) in [4.78, 5) is 30.6. The Hall–Kier alpha value is -2.71. The van der Waals surface area contributed by atoms with Gasteiger partial charge in [-0.25, -0.2) is 9.97 Å². The van der Waals surface area contributed by atoms with Crippen LogP contribution < -0.4 is 10.6 Å². The number of hydrogen-bond donors (Lipinski definition) is 3. The predicted molar refractivity (Wildman–Crippen MR) is 123 cm³/mol. The highest BCUT2D eigenvalue weighted by molar-refractivity contribution is 6.29. The molecule has 0 radical (unpaired) electrons. The Bertz CT molecular complexity index is 1060. The summed E-state index contributed by atoms with van der Waals surface area (Å²) >= 11 is 6.32. The van der Waals surface area contributed by atoms with Crippen molar-refractivity contribution in [1.29, 1.82) is 0 Å². The Morgan fingerprint density at radius 1 is 1.16 bits per heavy atom. The first-order chi connectivity index (χ1) is 14.9. The summed E-state index contributed by atoms with van der Waals surface area (Å²) in [7, 11) is 3.83. The van der Waals surface area contributed by atoms with Gasteiger partial charge in [0.1, 0.15) is 16.5 Å². The lowest BCUT2D eigenvalue weighted by molar-refractivity contribution is -0.125. The monoisotopic (exact) mass is 441 g/mol. The number of pyridine rings is 1. The molecule has 1 amide bonds. The van der Waals surface area contributed by atoms with Crippen LogP contribution in [0.1, 0.15) is 32.6 Å². The average Bonchev–Trinajstić information content (AvgIpc) is 3.18. The Morgan fingerprint density at radius 2 is 1.87 bits per heavy atom. The second-order valence-corrected chi connectivity index (χ2v) is 8.75. The number of carbonyl (C=O) groups excluding carboxylic acids is 1. The Labute approximate surface area is 186 Å². The number of H-pyrrole nitrogens is 1. The Kier molecular flexibility index (Phi) is 6.38. The van der Waals surface area contributed by atoms with Crippen LogP contribution in [0, 0.1) is 0 Å². The number of nitrogens with zero attached hydrogens (tertiary/aromatic N) is 4. The molecule has 9 heteroatoms. The SMILES string of the molecule is C[C@@H](C(=O)N[C@H]1CC[C@H](Nc2cc(-c3c[nH]c4nccnc34)cc(Cl)n2)CC1)N(C)C. The normalized spacial score (nSPS) is 20.0. The molecule has 3 aromatic heterocycles. The smallest absolute Gasteiger partial charge is 0.237 e. The summed E-state index contributed by atoms with van der Waals surface area (Å²) in [6.45, 7) is 1.92. The molecule has 1 fully saturated rings. The molecule has 1 saturated carbocycles. The quantitative estimate of drug-likeness (QED) is 0.506. The zero-order chi connectivity index (χ0) is 22.0. The number of likely N-dealkylation sites (N-methyl/N-ethyl adjacent to an activating group) is 1. The van der Waals surface area contributed by atoms with Crippen LogP contribution >= 0.6 is 11.6 Å². The number of carbonyl (C=O) groups is 1. The number of aromatic nitrogens is 4. The minimum Gasteiger partial charge on any atom is -0.367 e. The predicted octanol–water partition coefficient (Wildman–Crippen LogP) is 3.46. The second-order valence-electron chi connectivity index (χ2n) is 8.36. The summed E-state index contributed by atoms with van der Waals surface area (Å²) < 4.78 is 0. The topological polar surface area (TPSA) is 98.8 Å². The molecule has 3 N–H and O–H groups in total. The van der Waals surface area contributed by atoms with Gasteiger partial charge in [-0.05, 0) is 64.4 Å². The van der Waals surface area contributed by atoms with Crippen molar-refractivity contribution in [2.75, 3.05) is 19.4 Å². The molecule has 0 aromatic carbocycles. The van der Waals surface area contributed by atoms with Crippen molar-refractivity contribution >= 4 is 34.5 Å². The maximum atomic E-state index is 12.3. The number of rotatable bonds is 6. The fourth-order valence-corrected chi connectivity index (χ4v) is 4.15. The van der Waals surface area contributed by atoms with Crippen LogP contribution in [-0.2, 0) is 4.79 Å². The first-order valence-corrected chi connectivity index (χ1v) is 11.0. The number of amides is 1. The largest absolute Gasteiger partial charge is 0.367 e. The number of aromatic amines is 1. The van der Waals surface area contributed by atoms with Crippen molar-refractivity contribution in [3.8, 4) is 11.1 Å². The number of fused-ring (bicyclic) bond motifs is 1. The third-order valence-electron chi connectivity index (χ3n) is 5.99. The highest BCUT2D eigenvalue weighted by atomic mass is 35.5. The standard InChI is InChI=1S/C22H28ClN7O/c1-13(30(2)3)22(31)28-16-6-4-15(5-7-16)27-19-11-14(10-18(23)29-19)17-12-26-21-20(17)24-8-9-25-21/h8-13,15-16H,4-7H2,1-3H3,(H,25,26)(H,27,29)(H,28,31)/t13-,15-,16-/m0/s1. The number of nitrogens with one attached hydrogen (secondary N) is 3. The van der Waals surface area contributed by atoms with Crippen LogP contribution in [0.3, 0.4) is 0 Å².